The van der Waals surface area contributed by atoms with Gasteiger partial charge in [0.2, 0.25) is 5.88 Å². The van der Waals surface area contributed by atoms with Gasteiger partial charge in [-0.15, -0.1) is 0 Å². The normalized spacial score (nSPS) is 15.4. The molecule has 1 N–H and O–H groups in total. The fourth-order valence-electron chi connectivity index (χ4n) is 2.07. The first-order valence-electron chi connectivity index (χ1n) is 5.77. The van der Waals surface area contributed by atoms with Crippen molar-refractivity contribution in [2.75, 3.05) is 7.11 Å². The summed E-state index contributed by atoms with van der Waals surface area (Å²) in [6, 6.07) is 0. The van der Waals surface area contributed by atoms with Crippen LogP contribution in [0.15, 0.2) is 0 Å². The number of carboxylic acid groups (broad SMARTS) is 1. The van der Waals surface area contributed by atoms with E-state index in [-0.39, 0.29) is 0 Å². The van der Waals surface area contributed by atoms with Crippen LogP contribution in [0.2, 0.25) is 0 Å². The number of carboxylic acids is 1. The monoisotopic (exact) mass is 236 g/mol. The Kier molecular flexibility index (Phi) is 3.26. The van der Waals surface area contributed by atoms with Crippen molar-refractivity contribution < 1.29 is 14.6 Å². The molecular weight excluding hydrogens is 220 g/mol. The summed E-state index contributed by atoms with van der Waals surface area (Å²) in [7, 11) is 1.59. The zero-order chi connectivity index (χ0) is 12.4. The molecule has 1 unspecified atom stereocenters. The molecule has 2 rings (SSSR count). The Hall–Kier alpha value is -1.65. The quantitative estimate of drug-likeness (QED) is 0.851. The second-order valence-electron chi connectivity index (χ2n) is 4.37. The third-order valence-corrected chi connectivity index (χ3v) is 3.05. The molecular formula is C12H16N2O3. The molecule has 0 bridgehead atoms. The van der Waals surface area contributed by atoms with Gasteiger partial charge in [-0.1, -0.05) is 6.92 Å². The molecule has 0 aromatic carbocycles. The zero-order valence-corrected chi connectivity index (χ0v) is 10.1. The molecule has 1 aromatic heterocycles. The minimum Gasteiger partial charge on any atom is -0.481 e. The van der Waals surface area contributed by atoms with E-state index in [0.29, 0.717) is 18.1 Å². The van der Waals surface area contributed by atoms with Crippen LogP contribution in [0, 0.1) is 5.92 Å². The molecule has 1 aromatic rings. The van der Waals surface area contributed by atoms with E-state index in [1.54, 1.807) is 14.0 Å². The average molecular weight is 236 g/mol. The summed E-state index contributed by atoms with van der Waals surface area (Å²) in [5, 5.41) is 8.88. The van der Waals surface area contributed by atoms with Gasteiger partial charge in [0.1, 0.15) is 5.82 Å². The summed E-state index contributed by atoms with van der Waals surface area (Å²) >= 11 is 0. The molecule has 0 saturated carbocycles. The van der Waals surface area contributed by atoms with E-state index in [1.165, 1.54) is 0 Å². The summed E-state index contributed by atoms with van der Waals surface area (Å²) in [6.45, 7) is 1.66. The Bertz CT molecular complexity index is 446. The molecule has 1 aliphatic rings. The van der Waals surface area contributed by atoms with Gasteiger partial charge >= 0.3 is 5.97 Å². The van der Waals surface area contributed by atoms with Crippen LogP contribution < -0.4 is 4.74 Å². The molecule has 0 saturated heterocycles. The van der Waals surface area contributed by atoms with Crippen molar-refractivity contribution >= 4 is 5.97 Å². The van der Waals surface area contributed by atoms with Gasteiger partial charge < -0.3 is 9.84 Å². The lowest BCUT2D eigenvalue weighted by Gasteiger charge is -2.10. The van der Waals surface area contributed by atoms with E-state index < -0.39 is 11.9 Å². The summed E-state index contributed by atoms with van der Waals surface area (Å²) in [4.78, 5) is 19.5. The van der Waals surface area contributed by atoms with Crippen molar-refractivity contribution in [3.05, 3.63) is 17.1 Å². The average Bonchev–Trinajstić information content (AvgIpc) is 2.75. The highest BCUT2D eigenvalue weighted by atomic mass is 16.5. The lowest BCUT2D eigenvalue weighted by molar-refractivity contribution is -0.141. The van der Waals surface area contributed by atoms with Gasteiger partial charge in [-0.3, -0.25) is 4.79 Å². The summed E-state index contributed by atoms with van der Waals surface area (Å²) in [5.74, 6) is -0.121. The lowest BCUT2D eigenvalue weighted by atomic mass is 10.1. The number of methoxy groups -OCH3 is 1. The lowest BCUT2D eigenvalue weighted by Crippen LogP contribution is -2.15. The number of nitrogens with zero attached hydrogens (tertiary/aromatic N) is 2. The Balaban J connectivity index is 2.27. The topological polar surface area (TPSA) is 72.3 Å². The minimum atomic E-state index is -0.826. The number of aromatic nitrogens is 2. The van der Waals surface area contributed by atoms with E-state index in [1.807, 2.05) is 0 Å². The van der Waals surface area contributed by atoms with E-state index >= 15 is 0 Å². The molecule has 1 aliphatic carbocycles. The van der Waals surface area contributed by atoms with E-state index in [2.05, 4.69) is 9.97 Å². The molecule has 1 atom stereocenters. The number of aliphatic carboxylic acids is 1. The van der Waals surface area contributed by atoms with Crippen molar-refractivity contribution in [1.29, 1.82) is 0 Å². The molecule has 1 heterocycles. The molecule has 5 nitrogen and oxygen atoms in total. The largest absolute Gasteiger partial charge is 0.481 e. The first-order valence-corrected chi connectivity index (χ1v) is 5.77. The van der Waals surface area contributed by atoms with Crippen LogP contribution >= 0.6 is 0 Å². The van der Waals surface area contributed by atoms with Crippen molar-refractivity contribution in [3.8, 4) is 5.88 Å². The van der Waals surface area contributed by atoms with Crippen LogP contribution in [0.25, 0.3) is 0 Å². The highest BCUT2D eigenvalue weighted by molar-refractivity contribution is 5.69. The fourth-order valence-corrected chi connectivity index (χ4v) is 2.07. The third kappa shape index (κ3) is 2.38. The molecule has 0 aliphatic heterocycles. The predicted molar refractivity (Wildman–Crippen MR) is 61.1 cm³/mol. The zero-order valence-electron chi connectivity index (χ0n) is 10.1. The van der Waals surface area contributed by atoms with E-state index in [4.69, 9.17) is 9.84 Å². The fraction of sp³-hybridized carbons (Fsp3) is 0.583. The van der Waals surface area contributed by atoms with Crippen LogP contribution in [-0.2, 0) is 24.1 Å². The Morgan fingerprint density at radius 3 is 2.88 bits per heavy atom. The Labute approximate surface area is 99.9 Å². The third-order valence-electron chi connectivity index (χ3n) is 3.05. The summed E-state index contributed by atoms with van der Waals surface area (Å²) in [5.41, 5.74) is 2.10. The molecule has 0 amide bonds. The molecule has 0 radical (unpaired) electrons. The predicted octanol–water partition coefficient (Wildman–Crippen LogP) is 1.24. The van der Waals surface area contributed by atoms with Crippen LogP contribution in [0.4, 0.5) is 0 Å². The number of fused-ring (bicyclic) bond motifs is 1. The first kappa shape index (κ1) is 11.8. The van der Waals surface area contributed by atoms with Gasteiger partial charge in [0.05, 0.1) is 18.7 Å². The first-order chi connectivity index (χ1) is 8.11. The maximum atomic E-state index is 10.8. The standard InChI is InChI=1S/C12H16N2O3/c1-7(12(15)16)6-10-13-9-5-3-4-8(9)11(14-10)17-2/h7H,3-6H2,1-2H3,(H,15,16). The number of rotatable bonds is 4. The maximum absolute atomic E-state index is 10.8. The van der Waals surface area contributed by atoms with Gasteiger partial charge in [0.15, 0.2) is 0 Å². The van der Waals surface area contributed by atoms with Gasteiger partial charge in [-0.2, -0.15) is 4.98 Å². The molecule has 0 fully saturated rings. The smallest absolute Gasteiger partial charge is 0.306 e. The van der Waals surface area contributed by atoms with Crippen LogP contribution in [0.1, 0.15) is 30.4 Å². The molecule has 17 heavy (non-hydrogen) atoms. The highest BCUT2D eigenvalue weighted by Crippen LogP contribution is 2.28. The number of carbonyl (C=O) groups is 1. The molecule has 5 heteroatoms. The van der Waals surface area contributed by atoms with Crippen LogP contribution in [0.5, 0.6) is 5.88 Å². The minimum absolute atomic E-state index is 0.346. The van der Waals surface area contributed by atoms with Crippen molar-refractivity contribution in [3.63, 3.8) is 0 Å². The second-order valence-corrected chi connectivity index (χ2v) is 4.37. The van der Waals surface area contributed by atoms with Crippen LogP contribution in [-0.4, -0.2) is 28.2 Å². The number of hydrogen-bond donors (Lipinski definition) is 1. The van der Waals surface area contributed by atoms with Crippen molar-refractivity contribution in [2.24, 2.45) is 5.92 Å². The summed E-state index contributed by atoms with van der Waals surface area (Å²) in [6.07, 6.45) is 3.30. The van der Waals surface area contributed by atoms with E-state index in [0.717, 1.165) is 30.5 Å². The van der Waals surface area contributed by atoms with Gasteiger partial charge in [-0.05, 0) is 19.3 Å². The van der Waals surface area contributed by atoms with Gasteiger partial charge in [0, 0.05) is 12.0 Å². The van der Waals surface area contributed by atoms with E-state index in [9.17, 15) is 4.79 Å². The second kappa shape index (κ2) is 4.69. The Morgan fingerprint density at radius 2 is 2.24 bits per heavy atom. The Morgan fingerprint density at radius 1 is 1.47 bits per heavy atom. The molecule has 92 valence electrons. The maximum Gasteiger partial charge on any atom is 0.306 e. The van der Waals surface area contributed by atoms with Crippen LogP contribution in [0.3, 0.4) is 0 Å². The van der Waals surface area contributed by atoms with Gasteiger partial charge in [-0.25, -0.2) is 4.98 Å². The number of ether oxygens (including phenoxy) is 1. The number of hydrogen-bond acceptors (Lipinski definition) is 4. The van der Waals surface area contributed by atoms with Crippen molar-refractivity contribution in [1.82, 2.24) is 9.97 Å². The van der Waals surface area contributed by atoms with Crippen molar-refractivity contribution in [2.45, 2.75) is 32.6 Å². The highest BCUT2D eigenvalue weighted by Gasteiger charge is 2.21. The summed E-state index contributed by atoms with van der Waals surface area (Å²) < 4.78 is 5.24. The molecule has 0 spiro atoms. The van der Waals surface area contributed by atoms with Gasteiger partial charge in [0.25, 0.3) is 0 Å². The number of aryl methyl sites for hydroxylation is 1. The SMILES string of the molecule is COc1nc(CC(C)C(=O)O)nc2c1CCC2.